The largest absolute Gasteiger partial charge is 0.495 e. The van der Waals surface area contributed by atoms with Crippen LogP contribution in [0.3, 0.4) is 0 Å². The number of nitrogens with zero attached hydrogens (tertiary/aromatic N) is 4. The molecule has 0 N–H and O–H groups in total. The van der Waals surface area contributed by atoms with Crippen LogP contribution in [0.4, 0.5) is 0 Å². The fourth-order valence-electron chi connectivity index (χ4n) is 1.89. The molecule has 0 bridgehead atoms. The van der Waals surface area contributed by atoms with Crippen molar-refractivity contribution in [3.8, 4) is 0 Å². The second-order valence-corrected chi connectivity index (χ2v) is 5.71. The zero-order chi connectivity index (χ0) is 19.4. The van der Waals surface area contributed by atoms with E-state index in [0.29, 0.717) is 5.96 Å². The smallest absolute Gasteiger partial charge is 0.228 e. The van der Waals surface area contributed by atoms with Crippen molar-refractivity contribution in [2.75, 3.05) is 27.7 Å². The van der Waals surface area contributed by atoms with E-state index in [0.717, 1.165) is 30.1 Å². The number of allylic oxidation sites excluding steroid dienone is 5. The zero-order valence-corrected chi connectivity index (χ0v) is 17.1. The third-order valence-corrected chi connectivity index (χ3v) is 4.01. The van der Waals surface area contributed by atoms with E-state index in [1.165, 1.54) is 5.57 Å². The summed E-state index contributed by atoms with van der Waals surface area (Å²) in [5.41, 5.74) is 3.16. The van der Waals surface area contributed by atoms with Gasteiger partial charge in [-0.2, -0.15) is 0 Å². The third-order valence-electron chi connectivity index (χ3n) is 4.01. The Hall–Kier alpha value is -2.30. The van der Waals surface area contributed by atoms with Crippen molar-refractivity contribution >= 4 is 12.7 Å². The van der Waals surface area contributed by atoms with E-state index in [-0.39, 0.29) is 0 Å². The van der Waals surface area contributed by atoms with Gasteiger partial charge >= 0.3 is 0 Å². The highest BCUT2D eigenvalue weighted by atomic mass is 16.5. The summed E-state index contributed by atoms with van der Waals surface area (Å²) >= 11 is 0. The molecule has 0 atom stereocenters. The summed E-state index contributed by atoms with van der Waals surface area (Å²) in [6.07, 6.45) is 8.87. The summed E-state index contributed by atoms with van der Waals surface area (Å²) in [6, 6.07) is 0. The Morgan fingerprint density at radius 1 is 1.20 bits per heavy atom. The Morgan fingerprint density at radius 2 is 1.84 bits per heavy atom. The highest BCUT2D eigenvalue weighted by Gasteiger charge is 2.12. The Bertz CT molecular complexity index is 583. The molecular weight excluding hydrogens is 312 g/mol. The molecule has 0 rings (SSSR count). The van der Waals surface area contributed by atoms with Crippen molar-refractivity contribution in [2.45, 2.75) is 41.0 Å². The quantitative estimate of drug-likeness (QED) is 0.279. The van der Waals surface area contributed by atoms with Gasteiger partial charge in [0.25, 0.3) is 0 Å². The van der Waals surface area contributed by atoms with Crippen LogP contribution in [0.15, 0.2) is 57.1 Å². The predicted molar refractivity (Wildman–Crippen MR) is 110 cm³/mol. The van der Waals surface area contributed by atoms with Gasteiger partial charge in [-0.1, -0.05) is 18.6 Å². The van der Waals surface area contributed by atoms with Crippen molar-refractivity contribution in [1.29, 1.82) is 0 Å². The van der Waals surface area contributed by atoms with Crippen molar-refractivity contribution in [2.24, 2.45) is 9.98 Å². The average molecular weight is 347 g/mol. The van der Waals surface area contributed by atoms with E-state index in [1.54, 1.807) is 7.11 Å². The van der Waals surface area contributed by atoms with E-state index in [9.17, 15) is 0 Å². The summed E-state index contributed by atoms with van der Waals surface area (Å²) in [6.45, 7) is 14.8. The van der Waals surface area contributed by atoms with E-state index >= 15 is 0 Å². The van der Waals surface area contributed by atoms with Gasteiger partial charge in [-0.3, -0.25) is 0 Å². The Balaban J connectivity index is 5.91. The van der Waals surface area contributed by atoms with Crippen LogP contribution in [-0.4, -0.2) is 50.2 Å². The van der Waals surface area contributed by atoms with Crippen molar-refractivity contribution in [3.63, 3.8) is 0 Å². The minimum atomic E-state index is 0.532. The summed E-state index contributed by atoms with van der Waals surface area (Å²) in [7, 11) is 5.63. The normalized spacial score (nSPS) is 14.5. The SMILES string of the molecule is C=NC(=N/C=C(\C)CC)N(C)/C(C)=C(/C=C(\C=C/C)N(C)CC)OC. The molecule has 0 saturated carbocycles. The topological polar surface area (TPSA) is 40.4 Å². The molecule has 0 spiro atoms. The van der Waals surface area contributed by atoms with E-state index in [1.807, 2.05) is 51.1 Å². The predicted octanol–water partition coefficient (Wildman–Crippen LogP) is 4.58. The van der Waals surface area contributed by atoms with Gasteiger partial charge < -0.3 is 14.5 Å². The maximum atomic E-state index is 5.61. The molecule has 25 heavy (non-hydrogen) atoms. The molecule has 0 saturated heterocycles. The first-order chi connectivity index (χ1) is 11.9. The number of methoxy groups -OCH3 is 1. The first-order valence-corrected chi connectivity index (χ1v) is 8.60. The van der Waals surface area contributed by atoms with Gasteiger partial charge in [0.15, 0.2) is 0 Å². The van der Waals surface area contributed by atoms with Gasteiger partial charge in [-0.25, -0.2) is 9.98 Å². The van der Waals surface area contributed by atoms with Crippen LogP contribution in [0, 0.1) is 0 Å². The van der Waals surface area contributed by atoms with E-state index in [4.69, 9.17) is 4.74 Å². The maximum Gasteiger partial charge on any atom is 0.228 e. The van der Waals surface area contributed by atoms with Crippen LogP contribution in [0.2, 0.25) is 0 Å². The second kappa shape index (κ2) is 12.1. The lowest BCUT2D eigenvalue weighted by Crippen LogP contribution is -2.24. The van der Waals surface area contributed by atoms with Crippen LogP contribution < -0.4 is 0 Å². The third kappa shape index (κ3) is 7.42. The van der Waals surface area contributed by atoms with E-state index < -0.39 is 0 Å². The van der Waals surface area contributed by atoms with Gasteiger partial charge in [-0.05, 0) is 46.9 Å². The summed E-state index contributed by atoms with van der Waals surface area (Å²) in [5.74, 6) is 1.29. The Kier molecular flexibility index (Phi) is 11.0. The fourth-order valence-corrected chi connectivity index (χ4v) is 1.89. The second-order valence-electron chi connectivity index (χ2n) is 5.71. The number of guanidine groups is 1. The molecule has 0 aliphatic rings. The molecule has 0 aliphatic heterocycles. The molecule has 0 aromatic carbocycles. The van der Waals surface area contributed by atoms with Crippen LogP contribution in [0.1, 0.15) is 41.0 Å². The minimum Gasteiger partial charge on any atom is -0.495 e. The van der Waals surface area contributed by atoms with Crippen molar-refractivity contribution < 1.29 is 4.74 Å². The van der Waals surface area contributed by atoms with Gasteiger partial charge in [-0.15, -0.1) is 0 Å². The highest BCUT2D eigenvalue weighted by molar-refractivity contribution is 5.86. The summed E-state index contributed by atoms with van der Waals surface area (Å²) in [4.78, 5) is 12.5. The van der Waals surface area contributed by atoms with Gasteiger partial charge in [0, 0.05) is 38.6 Å². The molecular formula is C20H34N4O. The number of hydrogen-bond acceptors (Lipinski definition) is 3. The van der Waals surface area contributed by atoms with Gasteiger partial charge in [0.2, 0.25) is 5.96 Å². The molecule has 0 radical (unpaired) electrons. The molecule has 0 amide bonds. The molecule has 0 heterocycles. The lowest BCUT2D eigenvalue weighted by molar-refractivity contribution is 0.290. The van der Waals surface area contributed by atoms with Crippen LogP contribution in [0.25, 0.3) is 0 Å². The number of aliphatic imine (C=N–C) groups is 2. The van der Waals surface area contributed by atoms with Crippen molar-refractivity contribution in [1.82, 2.24) is 9.80 Å². The molecule has 0 unspecified atom stereocenters. The molecule has 0 fully saturated rings. The molecule has 5 heteroatoms. The van der Waals surface area contributed by atoms with E-state index in [2.05, 4.69) is 48.6 Å². The standard InChI is InChI=1S/C20H34N4O/c1-10-13-18(23(7)12-3)14-19(25-9)17(5)24(8)20(21-6)22-15-16(4)11-2/h10,13-15H,6,11-12H2,1-5,7-9H3/b13-10-,16-15+,18-14+,19-17-,22-20?. The fraction of sp³-hybridized carbons (Fsp3) is 0.500. The first kappa shape index (κ1) is 22.7. The minimum absolute atomic E-state index is 0.532. The Labute approximate surface area is 153 Å². The lowest BCUT2D eigenvalue weighted by atomic mass is 10.2. The number of likely N-dealkylation sites (N-methyl/N-ethyl adjacent to an activating group) is 1. The highest BCUT2D eigenvalue weighted by Crippen LogP contribution is 2.16. The average Bonchev–Trinajstić information content (AvgIpc) is 2.63. The van der Waals surface area contributed by atoms with Crippen LogP contribution >= 0.6 is 0 Å². The maximum absolute atomic E-state index is 5.61. The lowest BCUT2D eigenvalue weighted by Gasteiger charge is -2.22. The monoisotopic (exact) mass is 346 g/mol. The van der Waals surface area contributed by atoms with Crippen molar-refractivity contribution in [3.05, 3.63) is 47.2 Å². The molecule has 0 aromatic rings. The van der Waals surface area contributed by atoms with Gasteiger partial charge in [0.1, 0.15) is 5.76 Å². The molecule has 5 nitrogen and oxygen atoms in total. The summed E-state index contributed by atoms with van der Waals surface area (Å²) in [5, 5.41) is 0. The van der Waals surface area contributed by atoms with Gasteiger partial charge in [0.05, 0.1) is 12.8 Å². The number of hydrogen-bond donors (Lipinski definition) is 0. The van der Waals surface area contributed by atoms with Crippen LogP contribution in [0.5, 0.6) is 0 Å². The first-order valence-electron chi connectivity index (χ1n) is 8.60. The molecule has 140 valence electrons. The number of ether oxygens (including phenoxy) is 1. The molecule has 0 aliphatic carbocycles. The zero-order valence-electron chi connectivity index (χ0n) is 17.1. The Morgan fingerprint density at radius 3 is 2.28 bits per heavy atom. The van der Waals surface area contributed by atoms with Crippen LogP contribution in [-0.2, 0) is 4.74 Å². The summed E-state index contributed by atoms with van der Waals surface area (Å²) < 4.78 is 5.61. The molecule has 0 aromatic heterocycles. The number of rotatable bonds is 8.